The summed E-state index contributed by atoms with van der Waals surface area (Å²) in [5.41, 5.74) is 1.29. The molecule has 1 aromatic heterocycles. The molecule has 0 saturated heterocycles. The molecule has 0 aliphatic rings. The van der Waals surface area contributed by atoms with Gasteiger partial charge in [-0.05, 0) is 30.3 Å². The number of anilines is 1. The van der Waals surface area contributed by atoms with Gasteiger partial charge in [-0.2, -0.15) is 0 Å². The van der Waals surface area contributed by atoms with Crippen molar-refractivity contribution in [1.29, 1.82) is 0 Å². The third-order valence-corrected chi connectivity index (χ3v) is 5.71. The maximum absolute atomic E-state index is 12.5. The Morgan fingerprint density at radius 2 is 1.96 bits per heavy atom. The topological polar surface area (TPSA) is 106 Å². The molecule has 0 radical (unpaired) electrons. The van der Waals surface area contributed by atoms with Crippen LogP contribution in [0.4, 0.5) is 5.13 Å². The summed E-state index contributed by atoms with van der Waals surface area (Å²) in [4.78, 5) is 15.2. The van der Waals surface area contributed by atoms with Crippen molar-refractivity contribution in [3.63, 3.8) is 0 Å². The molecule has 3 rings (SSSR count). The number of carboxylic acid groups (broad SMARTS) is 1. The highest BCUT2D eigenvalue weighted by Crippen LogP contribution is 2.28. The highest BCUT2D eigenvalue weighted by molar-refractivity contribution is 7.93. The molecule has 0 atom stereocenters. The quantitative estimate of drug-likeness (QED) is 0.669. The molecular weight excluding hydrogens is 376 g/mol. The Bertz CT molecular complexity index is 1060. The number of aromatic carboxylic acids is 1. The summed E-state index contributed by atoms with van der Waals surface area (Å²) in [5, 5.41) is 10.9. The zero-order valence-corrected chi connectivity index (χ0v) is 15.2. The lowest BCUT2D eigenvalue weighted by Crippen LogP contribution is -2.13. The molecule has 1 heterocycles. The van der Waals surface area contributed by atoms with E-state index in [9.17, 15) is 13.2 Å². The van der Waals surface area contributed by atoms with Crippen LogP contribution in [0.2, 0.25) is 0 Å². The van der Waals surface area contributed by atoms with Crippen LogP contribution in [0.1, 0.15) is 10.4 Å². The van der Waals surface area contributed by atoms with Crippen molar-refractivity contribution in [2.75, 3.05) is 11.8 Å². The molecule has 3 aromatic rings. The molecule has 2 N–H and O–H groups in total. The number of hydrogen-bond donors (Lipinski definition) is 2. The Morgan fingerprint density at radius 3 is 2.69 bits per heavy atom. The summed E-state index contributed by atoms with van der Waals surface area (Å²) in [6.45, 7) is 0. The number of ether oxygens (including phenoxy) is 1. The van der Waals surface area contributed by atoms with E-state index in [1.165, 1.54) is 18.2 Å². The first-order valence-electron chi connectivity index (χ1n) is 7.35. The Morgan fingerprint density at radius 1 is 1.19 bits per heavy atom. The summed E-state index contributed by atoms with van der Waals surface area (Å²) in [7, 11) is -2.38. The number of sulfonamides is 1. The number of nitrogens with zero attached hydrogens (tertiary/aromatic N) is 1. The van der Waals surface area contributed by atoms with Crippen LogP contribution in [-0.2, 0) is 10.0 Å². The summed E-state index contributed by atoms with van der Waals surface area (Å²) in [6, 6.07) is 12.4. The third kappa shape index (κ3) is 3.84. The second kappa shape index (κ2) is 7.14. The van der Waals surface area contributed by atoms with Gasteiger partial charge in [-0.3, -0.25) is 4.72 Å². The number of carboxylic acids is 1. The van der Waals surface area contributed by atoms with Gasteiger partial charge in [0.2, 0.25) is 0 Å². The van der Waals surface area contributed by atoms with E-state index < -0.39 is 16.0 Å². The summed E-state index contributed by atoms with van der Waals surface area (Å²) in [6.07, 6.45) is 0. The predicted octanol–water partition coefficient (Wildman–Crippen LogP) is 3.32. The normalized spacial score (nSPS) is 11.1. The van der Waals surface area contributed by atoms with Crippen molar-refractivity contribution in [2.24, 2.45) is 0 Å². The Hall–Kier alpha value is -2.91. The number of rotatable bonds is 6. The van der Waals surface area contributed by atoms with Crippen LogP contribution in [0.15, 0.2) is 58.8 Å². The van der Waals surface area contributed by atoms with E-state index in [1.54, 1.807) is 24.6 Å². The molecule has 7 nitrogen and oxygen atoms in total. The Labute approximate surface area is 154 Å². The Balaban J connectivity index is 1.86. The lowest BCUT2D eigenvalue weighted by Gasteiger charge is -2.06. The second-order valence-electron chi connectivity index (χ2n) is 5.21. The number of methoxy groups -OCH3 is 1. The van der Waals surface area contributed by atoms with Crippen LogP contribution in [-0.4, -0.2) is 31.6 Å². The molecule has 2 aromatic carbocycles. The molecule has 26 heavy (non-hydrogen) atoms. The lowest BCUT2D eigenvalue weighted by molar-refractivity contribution is 0.0696. The average molecular weight is 390 g/mol. The van der Waals surface area contributed by atoms with E-state index >= 15 is 0 Å². The SMILES string of the molecule is COc1cccc(-c2csc(NS(=O)(=O)c3cccc(C(=O)O)c3)n2)c1. The van der Waals surface area contributed by atoms with Gasteiger partial charge in [-0.25, -0.2) is 18.2 Å². The fraction of sp³-hybridized carbons (Fsp3) is 0.0588. The molecule has 0 fully saturated rings. The maximum Gasteiger partial charge on any atom is 0.335 e. The van der Waals surface area contributed by atoms with Crippen molar-refractivity contribution < 1.29 is 23.1 Å². The molecule has 9 heteroatoms. The molecule has 0 bridgehead atoms. The minimum atomic E-state index is -3.94. The van der Waals surface area contributed by atoms with E-state index in [0.29, 0.717) is 11.4 Å². The van der Waals surface area contributed by atoms with Gasteiger partial charge in [0.25, 0.3) is 10.0 Å². The van der Waals surface area contributed by atoms with Crippen molar-refractivity contribution in [3.05, 3.63) is 59.5 Å². The summed E-state index contributed by atoms with van der Waals surface area (Å²) >= 11 is 1.13. The fourth-order valence-corrected chi connectivity index (χ4v) is 4.22. The smallest absolute Gasteiger partial charge is 0.335 e. The number of thiazole rings is 1. The zero-order valence-electron chi connectivity index (χ0n) is 13.5. The van der Waals surface area contributed by atoms with E-state index in [1.807, 2.05) is 12.1 Å². The third-order valence-electron chi connectivity index (χ3n) is 3.48. The van der Waals surface area contributed by atoms with Crippen LogP contribution in [0, 0.1) is 0 Å². The number of hydrogen-bond acceptors (Lipinski definition) is 6. The maximum atomic E-state index is 12.5. The highest BCUT2D eigenvalue weighted by Gasteiger charge is 2.18. The van der Waals surface area contributed by atoms with Gasteiger partial charge in [-0.15, -0.1) is 11.3 Å². The molecule has 0 saturated carbocycles. The van der Waals surface area contributed by atoms with Crippen LogP contribution in [0.25, 0.3) is 11.3 Å². The highest BCUT2D eigenvalue weighted by atomic mass is 32.2. The van der Waals surface area contributed by atoms with E-state index in [-0.39, 0.29) is 15.6 Å². The minimum absolute atomic E-state index is 0.107. The van der Waals surface area contributed by atoms with Gasteiger partial charge in [0.1, 0.15) is 5.75 Å². The van der Waals surface area contributed by atoms with Crippen LogP contribution in [0.5, 0.6) is 5.75 Å². The van der Waals surface area contributed by atoms with Crippen LogP contribution in [0.3, 0.4) is 0 Å². The van der Waals surface area contributed by atoms with Crippen LogP contribution >= 0.6 is 11.3 Å². The predicted molar refractivity (Wildman–Crippen MR) is 98.3 cm³/mol. The number of nitrogens with one attached hydrogen (secondary N) is 1. The Kier molecular flexibility index (Phi) is 4.92. The monoisotopic (exact) mass is 390 g/mol. The molecule has 0 unspecified atom stereocenters. The van der Waals surface area contributed by atoms with E-state index in [4.69, 9.17) is 9.84 Å². The fourth-order valence-electron chi connectivity index (χ4n) is 2.21. The zero-order chi connectivity index (χ0) is 18.7. The van der Waals surface area contributed by atoms with Crippen molar-refractivity contribution in [3.8, 4) is 17.0 Å². The molecule has 0 spiro atoms. The molecule has 134 valence electrons. The van der Waals surface area contributed by atoms with Crippen molar-refractivity contribution in [1.82, 2.24) is 4.98 Å². The standard InChI is InChI=1S/C17H14N2O5S2/c1-24-13-6-2-4-11(8-13)15-10-25-17(18-15)19-26(22,23)14-7-3-5-12(9-14)16(20)21/h2-10H,1H3,(H,18,19)(H,20,21). The molecule has 0 amide bonds. The van der Waals surface area contributed by atoms with Gasteiger partial charge in [-0.1, -0.05) is 18.2 Å². The first-order chi connectivity index (χ1) is 12.4. The number of aromatic nitrogens is 1. The molecule has 0 aliphatic carbocycles. The minimum Gasteiger partial charge on any atom is -0.497 e. The van der Waals surface area contributed by atoms with Gasteiger partial charge >= 0.3 is 5.97 Å². The largest absolute Gasteiger partial charge is 0.497 e. The number of benzene rings is 2. The van der Waals surface area contributed by atoms with Gasteiger partial charge in [0.05, 0.1) is 23.3 Å². The van der Waals surface area contributed by atoms with Crippen molar-refractivity contribution >= 4 is 32.5 Å². The van der Waals surface area contributed by atoms with Gasteiger partial charge in [0.15, 0.2) is 5.13 Å². The first-order valence-corrected chi connectivity index (χ1v) is 9.71. The van der Waals surface area contributed by atoms with E-state index in [0.717, 1.165) is 23.0 Å². The van der Waals surface area contributed by atoms with Gasteiger partial charge < -0.3 is 9.84 Å². The molecular formula is C17H14N2O5S2. The molecule has 0 aliphatic heterocycles. The first kappa shape index (κ1) is 17.9. The van der Waals surface area contributed by atoms with Crippen molar-refractivity contribution in [2.45, 2.75) is 4.90 Å². The second-order valence-corrected chi connectivity index (χ2v) is 7.75. The summed E-state index contributed by atoms with van der Waals surface area (Å²) < 4.78 is 32.5. The average Bonchev–Trinajstić information content (AvgIpc) is 3.09. The summed E-state index contributed by atoms with van der Waals surface area (Å²) in [5.74, 6) is -0.528. The lowest BCUT2D eigenvalue weighted by atomic mass is 10.2. The number of carbonyl (C=O) groups is 1. The van der Waals surface area contributed by atoms with E-state index in [2.05, 4.69) is 9.71 Å². The van der Waals surface area contributed by atoms with Crippen LogP contribution < -0.4 is 9.46 Å². The van der Waals surface area contributed by atoms with Gasteiger partial charge in [0, 0.05) is 10.9 Å².